The summed E-state index contributed by atoms with van der Waals surface area (Å²) in [6.07, 6.45) is 1.73. The van der Waals surface area contributed by atoms with E-state index in [2.05, 4.69) is 10.1 Å². The highest BCUT2D eigenvalue weighted by atomic mass is 19.3. The summed E-state index contributed by atoms with van der Waals surface area (Å²) in [7, 11) is 0. The average Bonchev–Trinajstić information content (AvgIpc) is 2.33. The van der Waals surface area contributed by atoms with Crippen molar-refractivity contribution >= 4 is 0 Å². The van der Waals surface area contributed by atoms with Gasteiger partial charge in [0, 0.05) is 12.6 Å². The normalized spacial score (nSPS) is 19.9. The van der Waals surface area contributed by atoms with Crippen LogP contribution >= 0.6 is 0 Å². The number of hydrogen-bond acceptors (Lipinski definition) is 3. The van der Waals surface area contributed by atoms with Crippen molar-refractivity contribution in [3.8, 4) is 11.5 Å². The Bertz CT molecular complexity index is 395. The summed E-state index contributed by atoms with van der Waals surface area (Å²) < 4.78 is 47.0. The predicted molar refractivity (Wildman–Crippen MR) is 59.6 cm³/mol. The first-order chi connectivity index (χ1) is 8.65. The zero-order valence-electron chi connectivity index (χ0n) is 9.67. The van der Waals surface area contributed by atoms with Crippen LogP contribution in [0.25, 0.3) is 0 Å². The van der Waals surface area contributed by atoms with E-state index in [1.54, 1.807) is 0 Å². The Morgan fingerprint density at radius 3 is 2.78 bits per heavy atom. The van der Waals surface area contributed by atoms with E-state index in [-0.39, 0.29) is 17.6 Å². The minimum absolute atomic E-state index is 0.0605. The Balaban J connectivity index is 2.00. The number of rotatable bonds is 4. The van der Waals surface area contributed by atoms with Crippen molar-refractivity contribution in [1.82, 2.24) is 5.32 Å². The van der Waals surface area contributed by atoms with Gasteiger partial charge in [0.15, 0.2) is 11.6 Å². The first-order valence-corrected chi connectivity index (χ1v) is 5.77. The Hall–Kier alpha value is -1.43. The fraction of sp³-hybridized carbons (Fsp3) is 0.500. The molecule has 1 aliphatic rings. The van der Waals surface area contributed by atoms with E-state index in [0.29, 0.717) is 6.54 Å². The highest BCUT2D eigenvalue weighted by Crippen LogP contribution is 2.25. The summed E-state index contributed by atoms with van der Waals surface area (Å²) in [6.45, 7) is -1.36. The van der Waals surface area contributed by atoms with Crippen molar-refractivity contribution in [2.75, 3.05) is 13.1 Å². The molecule has 0 spiro atoms. The summed E-state index contributed by atoms with van der Waals surface area (Å²) in [6, 6.07) is 3.47. The molecule has 18 heavy (non-hydrogen) atoms. The van der Waals surface area contributed by atoms with Crippen LogP contribution < -0.4 is 14.8 Å². The van der Waals surface area contributed by atoms with Crippen LogP contribution in [0.4, 0.5) is 13.2 Å². The fourth-order valence-electron chi connectivity index (χ4n) is 1.85. The zero-order chi connectivity index (χ0) is 13.0. The van der Waals surface area contributed by atoms with Crippen molar-refractivity contribution < 1.29 is 22.6 Å². The van der Waals surface area contributed by atoms with Gasteiger partial charge in [0.2, 0.25) is 0 Å². The lowest BCUT2D eigenvalue weighted by Crippen LogP contribution is -2.37. The third-order valence-electron chi connectivity index (χ3n) is 2.67. The highest BCUT2D eigenvalue weighted by Gasteiger charge is 2.17. The number of nitrogens with one attached hydrogen (secondary N) is 1. The summed E-state index contributed by atoms with van der Waals surface area (Å²) in [5, 5.41) is 3.14. The molecule has 1 atom stereocenters. The molecule has 100 valence electrons. The molecular formula is C12H14F3NO2. The molecule has 0 bridgehead atoms. The van der Waals surface area contributed by atoms with E-state index in [4.69, 9.17) is 4.74 Å². The van der Waals surface area contributed by atoms with Crippen LogP contribution in [0.3, 0.4) is 0 Å². The van der Waals surface area contributed by atoms with Crippen molar-refractivity contribution in [1.29, 1.82) is 0 Å². The minimum Gasteiger partial charge on any atom is -0.486 e. The summed E-state index contributed by atoms with van der Waals surface area (Å²) in [5.41, 5.74) is 0. The molecular weight excluding hydrogens is 247 g/mol. The molecule has 6 heteroatoms. The lowest BCUT2D eigenvalue weighted by Gasteiger charge is -2.24. The SMILES string of the molecule is Fc1cc(OC(F)F)ccc1OC1CCCNC1. The molecule has 1 aromatic carbocycles. The minimum atomic E-state index is -2.96. The Morgan fingerprint density at radius 1 is 1.33 bits per heavy atom. The van der Waals surface area contributed by atoms with Crippen molar-refractivity contribution in [2.45, 2.75) is 25.6 Å². The zero-order valence-corrected chi connectivity index (χ0v) is 9.67. The summed E-state index contributed by atoms with van der Waals surface area (Å²) in [5.74, 6) is -0.847. The smallest absolute Gasteiger partial charge is 0.387 e. The lowest BCUT2D eigenvalue weighted by atomic mass is 10.1. The van der Waals surface area contributed by atoms with E-state index in [0.717, 1.165) is 25.5 Å². The molecule has 1 heterocycles. The van der Waals surface area contributed by atoms with E-state index in [9.17, 15) is 13.2 Å². The molecule has 1 fully saturated rings. The third kappa shape index (κ3) is 3.53. The lowest BCUT2D eigenvalue weighted by molar-refractivity contribution is -0.0500. The van der Waals surface area contributed by atoms with Crippen LogP contribution in [0.2, 0.25) is 0 Å². The van der Waals surface area contributed by atoms with Gasteiger partial charge in [-0.25, -0.2) is 4.39 Å². The van der Waals surface area contributed by atoms with Crippen LogP contribution in [-0.4, -0.2) is 25.8 Å². The van der Waals surface area contributed by atoms with Crippen molar-refractivity contribution in [3.63, 3.8) is 0 Å². The maximum absolute atomic E-state index is 13.6. The van der Waals surface area contributed by atoms with Crippen LogP contribution in [-0.2, 0) is 0 Å². The van der Waals surface area contributed by atoms with Gasteiger partial charge in [-0.05, 0) is 31.5 Å². The number of halogens is 3. The van der Waals surface area contributed by atoms with Gasteiger partial charge >= 0.3 is 6.61 Å². The molecule has 1 aliphatic heterocycles. The largest absolute Gasteiger partial charge is 0.486 e. The van der Waals surface area contributed by atoms with Crippen LogP contribution in [0.5, 0.6) is 11.5 Å². The molecule has 0 amide bonds. The number of benzene rings is 1. The third-order valence-corrected chi connectivity index (χ3v) is 2.67. The fourth-order valence-corrected chi connectivity index (χ4v) is 1.85. The van der Waals surface area contributed by atoms with Gasteiger partial charge in [0.05, 0.1) is 0 Å². The number of ether oxygens (including phenoxy) is 2. The highest BCUT2D eigenvalue weighted by molar-refractivity contribution is 5.33. The molecule has 1 aromatic rings. The summed E-state index contributed by atoms with van der Waals surface area (Å²) >= 11 is 0. The van der Waals surface area contributed by atoms with E-state index in [1.165, 1.54) is 12.1 Å². The van der Waals surface area contributed by atoms with Crippen LogP contribution in [0, 0.1) is 5.82 Å². The van der Waals surface area contributed by atoms with E-state index < -0.39 is 12.4 Å². The first kappa shape index (κ1) is 13.0. The number of alkyl halides is 2. The molecule has 0 saturated carbocycles. The maximum atomic E-state index is 13.6. The van der Waals surface area contributed by atoms with Crippen LogP contribution in [0.1, 0.15) is 12.8 Å². The molecule has 0 radical (unpaired) electrons. The number of piperidine rings is 1. The predicted octanol–water partition coefficient (Wildman–Crippen LogP) is 2.56. The first-order valence-electron chi connectivity index (χ1n) is 5.77. The van der Waals surface area contributed by atoms with E-state index >= 15 is 0 Å². The molecule has 2 rings (SSSR count). The maximum Gasteiger partial charge on any atom is 0.387 e. The monoisotopic (exact) mass is 261 g/mol. The molecule has 0 aliphatic carbocycles. The quantitative estimate of drug-likeness (QED) is 0.903. The van der Waals surface area contributed by atoms with Gasteiger partial charge in [-0.15, -0.1) is 0 Å². The second-order valence-electron chi connectivity index (χ2n) is 4.06. The van der Waals surface area contributed by atoms with Gasteiger partial charge in [-0.3, -0.25) is 0 Å². The Labute approximate surface area is 103 Å². The average molecular weight is 261 g/mol. The molecule has 3 nitrogen and oxygen atoms in total. The molecule has 1 saturated heterocycles. The van der Waals surface area contributed by atoms with Gasteiger partial charge in [-0.2, -0.15) is 8.78 Å². The topological polar surface area (TPSA) is 30.5 Å². The van der Waals surface area contributed by atoms with E-state index in [1.807, 2.05) is 0 Å². The van der Waals surface area contributed by atoms with Crippen molar-refractivity contribution in [3.05, 3.63) is 24.0 Å². The molecule has 1 N–H and O–H groups in total. The van der Waals surface area contributed by atoms with Crippen molar-refractivity contribution in [2.24, 2.45) is 0 Å². The Kier molecular flexibility index (Phi) is 4.30. The molecule has 0 aromatic heterocycles. The van der Waals surface area contributed by atoms with Gasteiger partial charge in [0.1, 0.15) is 11.9 Å². The summed E-state index contributed by atoms with van der Waals surface area (Å²) in [4.78, 5) is 0. The van der Waals surface area contributed by atoms with Gasteiger partial charge in [0.25, 0.3) is 0 Å². The molecule has 1 unspecified atom stereocenters. The second-order valence-corrected chi connectivity index (χ2v) is 4.06. The van der Waals surface area contributed by atoms with Gasteiger partial charge in [-0.1, -0.05) is 0 Å². The second kappa shape index (κ2) is 5.95. The standard InChI is InChI=1S/C12H14F3NO2/c13-10-6-8(18-12(14)15)3-4-11(10)17-9-2-1-5-16-7-9/h3-4,6,9,12,16H,1-2,5,7H2. The van der Waals surface area contributed by atoms with Crippen LogP contribution in [0.15, 0.2) is 18.2 Å². The van der Waals surface area contributed by atoms with Gasteiger partial charge < -0.3 is 14.8 Å². The number of hydrogen-bond donors (Lipinski definition) is 1. The Morgan fingerprint density at radius 2 is 2.17 bits per heavy atom.